The van der Waals surface area contributed by atoms with Gasteiger partial charge in [0.05, 0.1) is 0 Å². The van der Waals surface area contributed by atoms with E-state index in [0.717, 1.165) is 25.5 Å². The van der Waals surface area contributed by atoms with E-state index in [2.05, 4.69) is 23.9 Å². The van der Waals surface area contributed by atoms with Gasteiger partial charge in [0.2, 0.25) is 0 Å². The van der Waals surface area contributed by atoms with Gasteiger partial charge in [0, 0.05) is 36.3 Å². The Morgan fingerprint density at radius 2 is 1.90 bits per heavy atom. The molecule has 2 N–H and O–H groups in total. The second-order valence-electron chi connectivity index (χ2n) is 6.30. The molecule has 0 aromatic heterocycles. The zero-order valence-corrected chi connectivity index (χ0v) is 13.1. The lowest BCUT2D eigenvalue weighted by Gasteiger charge is -2.50. The average Bonchev–Trinajstić information content (AvgIpc) is 2.36. The van der Waals surface area contributed by atoms with Gasteiger partial charge in [-0.05, 0) is 46.5 Å². The molecule has 1 aromatic carbocycles. The summed E-state index contributed by atoms with van der Waals surface area (Å²) in [7, 11) is 6.13. The van der Waals surface area contributed by atoms with Gasteiger partial charge in [-0.25, -0.2) is 8.78 Å². The molecule has 5 heteroatoms. The second-order valence-corrected chi connectivity index (χ2v) is 6.30. The van der Waals surface area contributed by atoms with Crippen LogP contribution in [0.15, 0.2) is 18.2 Å². The van der Waals surface area contributed by atoms with E-state index in [1.807, 2.05) is 7.05 Å². The normalized spacial score (nSPS) is 18.9. The number of hydrogen-bond acceptors (Lipinski definition) is 3. The molecular weight excluding hydrogens is 272 g/mol. The number of nitrogens with zero attached hydrogens (tertiary/aromatic N) is 2. The molecule has 21 heavy (non-hydrogen) atoms. The van der Waals surface area contributed by atoms with Crippen molar-refractivity contribution in [2.75, 3.05) is 34.2 Å². The molecule has 0 aliphatic heterocycles. The van der Waals surface area contributed by atoms with Gasteiger partial charge in [-0.2, -0.15) is 0 Å². The Morgan fingerprint density at radius 1 is 1.24 bits per heavy atom. The van der Waals surface area contributed by atoms with E-state index in [9.17, 15) is 8.78 Å². The predicted octanol–water partition coefficient (Wildman–Crippen LogP) is 2.38. The van der Waals surface area contributed by atoms with Gasteiger partial charge in [-0.1, -0.05) is 6.07 Å². The maximum absolute atomic E-state index is 14.0. The number of likely N-dealkylation sites (N-methyl/N-ethyl adjacent to an activating group) is 2. The minimum Gasteiger partial charge on any atom is -0.329 e. The minimum absolute atomic E-state index is 0.151. The summed E-state index contributed by atoms with van der Waals surface area (Å²) in [5.74, 6) is -1.08. The fraction of sp³-hybridized carbons (Fsp3) is 0.625. The third-order valence-electron chi connectivity index (χ3n) is 4.85. The second kappa shape index (κ2) is 6.38. The van der Waals surface area contributed by atoms with Crippen LogP contribution in [0.25, 0.3) is 0 Å². The third kappa shape index (κ3) is 3.25. The summed E-state index contributed by atoms with van der Waals surface area (Å²) in [5.41, 5.74) is 6.47. The third-order valence-corrected chi connectivity index (χ3v) is 4.85. The summed E-state index contributed by atoms with van der Waals surface area (Å²) in [4.78, 5) is 4.34. The first-order chi connectivity index (χ1) is 9.89. The van der Waals surface area contributed by atoms with Crippen LogP contribution >= 0.6 is 0 Å². The highest BCUT2D eigenvalue weighted by molar-refractivity contribution is 5.23. The summed E-state index contributed by atoms with van der Waals surface area (Å²) in [6, 6.07) is 3.49. The number of benzene rings is 1. The Morgan fingerprint density at radius 3 is 2.33 bits per heavy atom. The van der Waals surface area contributed by atoms with Gasteiger partial charge in [0.15, 0.2) is 0 Å². The van der Waals surface area contributed by atoms with E-state index in [-0.39, 0.29) is 11.6 Å². The number of rotatable bonds is 6. The zero-order chi connectivity index (χ0) is 15.6. The molecule has 1 aromatic rings. The fourth-order valence-corrected chi connectivity index (χ4v) is 3.22. The predicted molar refractivity (Wildman–Crippen MR) is 81.1 cm³/mol. The molecule has 0 amide bonds. The maximum Gasteiger partial charge on any atom is 0.130 e. The Hall–Kier alpha value is -1.04. The summed E-state index contributed by atoms with van der Waals surface area (Å²) >= 11 is 0. The van der Waals surface area contributed by atoms with Gasteiger partial charge in [0.1, 0.15) is 11.6 Å². The van der Waals surface area contributed by atoms with Crippen LogP contribution in [-0.4, -0.2) is 49.6 Å². The molecule has 1 aliphatic carbocycles. The van der Waals surface area contributed by atoms with Crippen molar-refractivity contribution in [2.45, 2.75) is 30.8 Å². The highest BCUT2D eigenvalue weighted by Gasteiger charge is 2.41. The van der Waals surface area contributed by atoms with Gasteiger partial charge in [-0.15, -0.1) is 0 Å². The molecule has 0 radical (unpaired) electrons. The van der Waals surface area contributed by atoms with Crippen LogP contribution in [0, 0.1) is 11.6 Å². The molecule has 0 bridgehead atoms. The fourth-order valence-electron chi connectivity index (χ4n) is 3.22. The van der Waals surface area contributed by atoms with Crippen molar-refractivity contribution in [3.05, 3.63) is 35.4 Å². The number of hydrogen-bond donors (Lipinski definition) is 1. The van der Waals surface area contributed by atoms with Crippen LogP contribution in [-0.2, 0) is 0 Å². The van der Waals surface area contributed by atoms with Crippen molar-refractivity contribution in [1.82, 2.24) is 9.80 Å². The van der Waals surface area contributed by atoms with E-state index in [1.54, 1.807) is 0 Å². The molecule has 0 heterocycles. The van der Waals surface area contributed by atoms with Crippen molar-refractivity contribution >= 4 is 0 Å². The van der Waals surface area contributed by atoms with Gasteiger partial charge in [0.25, 0.3) is 0 Å². The Bertz CT molecular complexity index is 486. The van der Waals surface area contributed by atoms with Crippen molar-refractivity contribution in [2.24, 2.45) is 5.73 Å². The van der Waals surface area contributed by atoms with E-state index in [0.29, 0.717) is 12.1 Å². The van der Waals surface area contributed by atoms with Crippen molar-refractivity contribution < 1.29 is 8.78 Å². The monoisotopic (exact) mass is 297 g/mol. The standard InChI is InChI=1S/C16H25F2N3/c1-20(2)16(7-4-8-16)11-21(3)15(10-19)13-6-5-12(17)9-14(13)18/h5-6,9,15H,4,7-8,10-11,19H2,1-3H3. The quantitative estimate of drug-likeness (QED) is 0.875. The first-order valence-electron chi connectivity index (χ1n) is 7.42. The van der Waals surface area contributed by atoms with E-state index in [4.69, 9.17) is 5.73 Å². The summed E-state index contributed by atoms with van der Waals surface area (Å²) in [6.45, 7) is 1.14. The van der Waals surface area contributed by atoms with E-state index >= 15 is 0 Å². The van der Waals surface area contributed by atoms with Gasteiger partial charge >= 0.3 is 0 Å². The molecule has 1 saturated carbocycles. The summed E-state index contributed by atoms with van der Waals surface area (Å²) in [6.07, 6.45) is 3.52. The average molecular weight is 297 g/mol. The van der Waals surface area contributed by atoms with Crippen LogP contribution in [0.5, 0.6) is 0 Å². The van der Waals surface area contributed by atoms with Crippen molar-refractivity contribution in [3.63, 3.8) is 0 Å². The molecule has 118 valence electrons. The molecule has 0 spiro atoms. The highest BCUT2D eigenvalue weighted by Crippen LogP contribution is 2.38. The largest absolute Gasteiger partial charge is 0.329 e. The van der Waals surface area contributed by atoms with Crippen LogP contribution in [0.3, 0.4) is 0 Å². The Labute approximate surface area is 125 Å². The topological polar surface area (TPSA) is 32.5 Å². The lowest BCUT2D eigenvalue weighted by Crippen LogP contribution is -2.57. The maximum atomic E-state index is 14.0. The van der Waals surface area contributed by atoms with Crippen LogP contribution < -0.4 is 5.73 Å². The first kappa shape index (κ1) is 16.3. The molecular formula is C16H25F2N3. The van der Waals surface area contributed by atoms with Crippen LogP contribution in [0.2, 0.25) is 0 Å². The van der Waals surface area contributed by atoms with Gasteiger partial charge in [-0.3, -0.25) is 4.90 Å². The SMILES string of the molecule is CN(CC1(N(C)C)CCC1)C(CN)c1ccc(F)cc1F. The van der Waals surface area contributed by atoms with E-state index in [1.165, 1.54) is 18.6 Å². The first-order valence-corrected chi connectivity index (χ1v) is 7.42. The lowest BCUT2D eigenvalue weighted by atomic mass is 9.75. The molecule has 1 aliphatic rings. The highest BCUT2D eigenvalue weighted by atomic mass is 19.1. The smallest absolute Gasteiger partial charge is 0.130 e. The van der Waals surface area contributed by atoms with Gasteiger partial charge < -0.3 is 10.6 Å². The Kier molecular flexibility index (Phi) is 4.96. The molecule has 1 fully saturated rings. The molecule has 0 saturated heterocycles. The molecule has 1 atom stereocenters. The lowest BCUT2D eigenvalue weighted by molar-refractivity contribution is 0.0164. The number of nitrogens with two attached hydrogens (primary N) is 1. The van der Waals surface area contributed by atoms with E-state index < -0.39 is 11.6 Å². The molecule has 2 rings (SSSR count). The summed E-state index contributed by atoms with van der Waals surface area (Å²) < 4.78 is 27.1. The van der Waals surface area contributed by atoms with Crippen LogP contribution in [0.1, 0.15) is 30.9 Å². The zero-order valence-electron chi connectivity index (χ0n) is 13.1. The molecule has 1 unspecified atom stereocenters. The minimum atomic E-state index is -0.557. The van der Waals surface area contributed by atoms with Crippen LogP contribution in [0.4, 0.5) is 8.78 Å². The van der Waals surface area contributed by atoms with Crippen molar-refractivity contribution in [3.8, 4) is 0 Å². The van der Waals surface area contributed by atoms with Crippen molar-refractivity contribution in [1.29, 1.82) is 0 Å². The Balaban J connectivity index is 2.17. The molecule has 3 nitrogen and oxygen atoms in total. The summed E-state index contributed by atoms with van der Waals surface area (Å²) in [5, 5.41) is 0. The number of halogens is 2.